The van der Waals surface area contributed by atoms with E-state index in [1.807, 2.05) is 19.9 Å². The fourth-order valence-corrected chi connectivity index (χ4v) is 15.9. The maximum absolute atomic E-state index is 11.6. The second kappa shape index (κ2) is 79.5. The first-order chi connectivity index (χ1) is 60.4. The molecule has 0 spiro atoms. The van der Waals surface area contributed by atoms with Gasteiger partial charge in [0.1, 0.15) is 0 Å². The van der Waals surface area contributed by atoms with E-state index < -0.39 is 0 Å². The summed E-state index contributed by atoms with van der Waals surface area (Å²) < 4.78 is 2.93. The number of aryl methyl sites for hydroxylation is 6. The summed E-state index contributed by atoms with van der Waals surface area (Å²) in [6.07, 6.45) is 64.1. The smallest absolute Gasteiger partial charge is 0.665 e. The fraction of sp³-hybridized carbons (Fsp3) is 0.538. The van der Waals surface area contributed by atoms with Gasteiger partial charge in [-0.3, -0.25) is 0 Å². The Morgan fingerprint density at radius 1 is 0.354 bits per heavy atom. The van der Waals surface area contributed by atoms with Crippen LogP contribution in [0, 0.1) is 38.5 Å². The molecular formula is C117H172N8NiPd. The third kappa shape index (κ3) is 48.9. The van der Waals surface area contributed by atoms with Crippen molar-refractivity contribution >= 4 is 34.2 Å². The van der Waals surface area contributed by atoms with Crippen LogP contribution in [0.4, 0.5) is 0 Å². The fourth-order valence-electron chi connectivity index (χ4n) is 15.9. The number of nitrogens with zero attached hydrogens (tertiary/aromatic N) is 8. The van der Waals surface area contributed by atoms with Crippen molar-refractivity contribution in [2.45, 2.75) is 384 Å². The number of benzene rings is 6. The Morgan fingerprint density at radius 2 is 0.677 bits per heavy atom. The standard InChI is InChI=1S/2C41H58N2.C27H34N2.2C3H8N.2CH3.Ni.Pd/c2*1-4-7-10-11-12-13-14-15-16-17-18-19-20-22-29-36-30-23-24-32-39(36)41-38(28-9-6-3)34-40(43(41)42)37-31-25-27-35(33-37)26-21-8-5-2;1-4-7-9-12-23-14-11-17-26(21-23)27(24(15-8-5-2)18-19-29-28)25-16-10-13-22(6-3)20-25;2*1-3-4-2;;;;/h2*23-25,27,30-34H,4-18,21-22,26,28-29H2,1-3H3;10-11,13-14,16-18,20-21H,4-9,12,15H2,1-3H3;2*3H2,1-2H3;2*1H3;;/q;;;4*-1;2*+2. The number of hydrogen-bond donors (Lipinski definition) is 0. The van der Waals surface area contributed by atoms with E-state index >= 15 is 0 Å². The minimum atomic E-state index is 0. The van der Waals surface area contributed by atoms with Crippen LogP contribution in [0.1, 0.15) is 413 Å². The van der Waals surface area contributed by atoms with Crippen LogP contribution in [0.2, 0.25) is 0 Å². The van der Waals surface area contributed by atoms with E-state index in [4.69, 9.17) is 5.53 Å². The van der Waals surface area contributed by atoms with Crippen molar-refractivity contribution in [3.63, 3.8) is 0 Å². The molecule has 2 heterocycles. The molecule has 0 amide bonds. The minimum absolute atomic E-state index is 0. The quantitative estimate of drug-likeness (QED) is 0.00417. The molecular weight excluding hydrogens is 1680 g/mol. The summed E-state index contributed by atoms with van der Waals surface area (Å²) in [7, 11) is 3.61. The summed E-state index contributed by atoms with van der Waals surface area (Å²) in [6, 6.07) is 52.4. The summed E-state index contributed by atoms with van der Waals surface area (Å²) in [5.74, 6) is 16.4. The summed E-state index contributed by atoms with van der Waals surface area (Å²) >= 11 is 0. The molecule has 127 heavy (non-hydrogen) atoms. The van der Waals surface area contributed by atoms with Crippen molar-refractivity contribution in [1.82, 2.24) is 0 Å². The Kier molecular flexibility index (Phi) is 74.9. The Bertz CT molecular complexity index is 4120. The summed E-state index contributed by atoms with van der Waals surface area (Å²) in [5, 5.41) is 7.47. The van der Waals surface area contributed by atoms with Gasteiger partial charge in [-0.1, -0.05) is 359 Å². The van der Waals surface area contributed by atoms with Gasteiger partial charge < -0.3 is 42.1 Å². The van der Waals surface area contributed by atoms with Crippen LogP contribution in [0.25, 0.3) is 55.6 Å². The van der Waals surface area contributed by atoms with Crippen molar-refractivity contribution in [3.05, 3.63) is 289 Å². The van der Waals surface area contributed by atoms with Crippen molar-refractivity contribution in [2.24, 2.45) is 0 Å². The average molecular weight is 1860 g/mol. The maximum atomic E-state index is 11.6. The van der Waals surface area contributed by atoms with Gasteiger partial charge in [0.05, 0.1) is 6.08 Å². The van der Waals surface area contributed by atoms with Crippen LogP contribution in [0.15, 0.2) is 181 Å². The first kappa shape index (κ1) is 120. The maximum Gasteiger partial charge on any atom is 2.00 e. The molecule has 0 aliphatic carbocycles. The van der Waals surface area contributed by atoms with E-state index in [9.17, 15) is 11.1 Å². The van der Waals surface area contributed by atoms with Gasteiger partial charge in [-0.25, -0.2) is 9.39 Å². The second-order valence-corrected chi connectivity index (χ2v) is 33.7. The predicted octanol–water partition coefficient (Wildman–Crippen LogP) is 35.7. The third-order valence-electron chi connectivity index (χ3n) is 23.4. The van der Waals surface area contributed by atoms with Crippen LogP contribution in [0.5, 0.6) is 0 Å². The Labute approximate surface area is 804 Å². The molecule has 10 heteroatoms. The zero-order valence-electron chi connectivity index (χ0n) is 82.7. The molecule has 0 fully saturated rings. The van der Waals surface area contributed by atoms with Gasteiger partial charge in [0.25, 0.3) is 5.87 Å². The Hall–Kier alpha value is -7.42. The van der Waals surface area contributed by atoms with Gasteiger partial charge in [0.2, 0.25) is 22.8 Å². The molecule has 8 rings (SSSR count). The zero-order chi connectivity index (χ0) is 88.8. The van der Waals surface area contributed by atoms with Crippen LogP contribution in [-0.2, 0) is 75.4 Å². The Morgan fingerprint density at radius 3 is 1.04 bits per heavy atom. The molecule has 0 N–H and O–H groups in total. The average Bonchev–Trinajstić information content (AvgIpc) is 1.66. The molecule has 6 aromatic carbocycles. The molecule has 700 valence electrons. The van der Waals surface area contributed by atoms with E-state index in [1.54, 1.807) is 14.1 Å². The normalized spacial score (nSPS) is 11.8. The first-order valence-electron chi connectivity index (χ1n) is 49.5. The molecule has 0 radical (unpaired) electrons. The van der Waals surface area contributed by atoms with Crippen LogP contribution < -0.4 is 0 Å². The monoisotopic (exact) mass is 1850 g/mol. The molecule has 0 saturated carbocycles. The molecule has 6 aromatic rings. The van der Waals surface area contributed by atoms with Gasteiger partial charge in [-0.2, -0.15) is 27.2 Å². The molecule has 0 unspecified atom stereocenters. The van der Waals surface area contributed by atoms with Crippen LogP contribution in [0.3, 0.4) is 0 Å². The molecule has 0 aromatic heterocycles. The van der Waals surface area contributed by atoms with Crippen molar-refractivity contribution in [3.8, 4) is 23.7 Å². The minimum Gasteiger partial charge on any atom is -0.665 e. The predicted molar refractivity (Wildman–Crippen MR) is 550 cm³/mol. The number of hydrogen-bond acceptors (Lipinski definition) is 0. The third-order valence-corrected chi connectivity index (χ3v) is 23.4. The van der Waals surface area contributed by atoms with Gasteiger partial charge in [-0.15, -0.1) is 28.5 Å². The number of rotatable bonds is 55. The van der Waals surface area contributed by atoms with Crippen LogP contribution >= 0.6 is 0 Å². The van der Waals surface area contributed by atoms with Crippen molar-refractivity contribution in [1.29, 1.82) is 0 Å². The topological polar surface area (TPSA) is 115 Å². The first-order valence-corrected chi connectivity index (χ1v) is 49.5. The van der Waals surface area contributed by atoms with E-state index in [1.165, 1.54) is 262 Å². The number of allylic oxidation sites excluding steroid dienone is 6. The van der Waals surface area contributed by atoms with E-state index in [0.29, 0.717) is 0 Å². The zero-order valence-corrected chi connectivity index (χ0v) is 85.2. The Balaban J connectivity index is 0.00000180. The molecule has 8 nitrogen and oxygen atoms in total. The SMILES string of the molecule is CCCCCCCCCCCCC#CCCc1ccccc1C1=C(CCCC)C=C(c2cccc(CCCCC)c2)[N+]1=[N-].CCCCCCCCCCCCC#CCCc1ccccc1C1=C(CCCC)C=C(c2cccc(CCCCC)c2)[N+]1=[N-].CCCCCc1cccc(C(=C(C=C=[N+]=[N-])CCCC)c2cccc(CC)c2)c1.CC[N-]C.CC[N-]C.[CH3-].[CH3-].[Ni+2].[Pd+2]. The number of unbranched alkanes of at least 4 members (excludes halogenated alkanes) is 29. The van der Waals surface area contributed by atoms with Gasteiger partial charge >= 0.3 is 36.9 Å². The van der Waals surface area contributed by atoms with E-state index in [2.05, 4.69) is 265 Å². The van der Waals surface area contributed by atoms with Crippen molar-refractivity contribution < 1.29 is 51.1 Å². The van der Waals surface area contributed by atoms with E-state index in [0.717, 1.165) is 180 Å². The van der Waals surface area contributed by atoms with Gasteiger partial charge in [-0.05, 0) is 201 Å². The molecule has 0 atom stereocenters. The van der Waals surface area contributed by atoms with Gasteiger partial charge in [0, 0.05) is 71.2 Å². The summed E-state index contributed by atoms with van der Waals surface area (Å²) in [6.45, 7) is 26.1. The molecule has 2 aliphatic rings. The molecule has 0 saturated heterocycles. The van der Waals surface area contributed by atoms with E-state index in [-0.39, 0.29) is 51.8 Å². The molecule has 0 bridgehead atoms. The summed E-state index contributed by atoms with van der Waals surface area (Å²) in [4.78, 5) is 3.11. The van der Waals surface area contributed by atoms with Crippen molar-refractivity contribution in [2.75, 3.05) is 27.2 Å². The second-order valence-electron chi connectivity index (χ2n) is 33.7. The largest absolute Gasteiger partial charge is 2.00 e. The molecule has 2 aliphatic heterocycles. The van der Waals surface area contributed by atoms with Gasteiger partial charge in [0.15, 0.2) is 0 Å². The summed E-state index contributed by atoms with van der Waals surface area (Å²) in [5.41, 5.74) is 55.6. The van der Waals surface area contributed by atoms with Crippen LogP contribution in [-0.4, -0.2) is 47.2 Å².